The number of hydrogen-bond donors (Lipinski definition) is 3. The average Bonchev–Trinajstić information content (AvgIpc) is 3.12. The molecule has 0 bridgehead atoms. The van der Waals surface area contributed by atoms with Gasteiger partial charge in [-0.25, -0.2) is 4.39 Å². The van der Waals surface area contributed by atoms with Crippen LogP contribution in [-0.4, -0.2) is 44.4 Å². The van der Waals surface area contributed by atoms with Crippen LogP contribution in [0.5, 0.6) is 0 Å². The summed E-state index contributed by atoms with van der Waals surface area (Å²) >= 11 is 0. The molecule has 3 rings (SSSR count). The molecule has 35 heavy (non-hydrogen) atoms. The van der Waals surface area contributed by atoms with Crippen LogP contribution in [0.4, 0.5) is 4.39 Å². The number of nitrogens with zero attached hydrogens (tertiary/aromatic N) is 1. The number of aliphatic carboxylic acids is 1. The van der Waals surface area contributed by atoms with E-state index in [0.717, 1.165) is 39.9 Å². The molecule has 0 aliphatic heterocycles. The largest absolute Gasteiger partial charge is 0.481 e. The highest BCUT2D eigenvalue weighted by Gasteiger charge is 2.27. The van der Waals surface area contributed by atoms with E-state index in [1.54, 1.807) is 12.1 Å². The number of aliphatic hydroxyl groups is 2. The topological polar surface area (TPSA) is 99.8 Å². The van der Waals surface area contributed by atoms with Crippen molar-refractivity contribution in [3.8, 4) is 22.4 Å². The SMILES string of the molecule is CC(C)c1c(CC=O)c(-c2ccccc2)c(-c2ccc(F)cc2)n1CCC(O)CC(O)CC(=O)O. The van der Waals surface area contributed by atoms with E-state index in [1.165, 1.54) is 12.1 Å². The lowest BCUT2D eigenvalue weighted by molar-refractivity contribution is -0.139. The average molecular weight is 482 g/mol. The van der Waals surface area contributed by atoms with Gasteiger partial charge in [0.05, 0.1) is 24.3 Å². The van der Waals surface area contributed by atoms with Crippen LogP contribution in [0.1, 0.15) is 50.3 Å². The Labute approximate surface area is 204 Å². The molecule has 6 nitrogen and oxygen atoms in total. The predicted molar refractivity (Wildman–Crippen MR) is 133 cm³/mol. The van der Waals surface area contributed by atoms with Crippen LogP contribution in [-0.2, 0) is 22.6 Å². The van der Waals surface area contributed by atoms with Crippen LogP contribution in [0.15, 0.2) is 54.6 Å². The Balaban J connectivity index is 2.14. The monoisotopic (exact) mass is 481 g/mol. The minimum atomic E-state index is -1.14. The van der Waals surface area contributed by atoms with Gasteiger partial charge in [-0.1, -0.05) is 44.2 Å². The van der Waals surface area contributed by atoms with Gasteiger partial charge in [0.25, 0.3) is 0 Å². The number of aldehydes is 1. The summed E-state index contributed by atoms with van der Waals surface area (Å²) in [6, 6.07) is 15.9. The molecule has 0 fully saturated rings. The first-order valence-electron chi connectivity index (χ1n) is 11.8. The molecule has 2 atom stereocenters. The number of aliphatic hydroxyl groups excluding tert-OH is 2. The van der Waals surface area contributed by atoms with Gasteiger partial charge in [0.1, 0.15) is 12.1 Å². The number of aromatic nitrogens is 1. The first kappa shape index (κ1) is 26.3. The Kier molecular flexibility index (Phi) is 8.95. The fourth-order valence-electron chi connectivity index (χ4n) is 4.69. The Morgan fingerprint density at radius 1 is 1.00 bits per heavy atom. The molecule has 2 unspecified atom stereocenters. The molecule has 1 heterocycles. The van der Waals surface area contributed by atoms with Crippen molar-refractivity contribution < 1.29 is 29.3 Å². The molecule has 186 valence electrons. The second kappa shape index (κ2) is 11.9. The Hall–Kier alpha value is -3.29. The fraction of sp³-hybridized carbons (Fsp3) is 0.357. The van der Waals surface area contributed by atoms with E-state index < -0.39 is 24.6 Å². The van der Waals surface area contributed by atoms with E-state index >= 15 is 0 Å². The molecule has 3 aromatic rings. The number of benzene rings is 2. The summed E-state index contributed by atoms with van der Waals surface area (Å²) in [5.74, 6) is -1.42. The summed E-state index contributed by atoms with van der Waals surface area (Å²) in [6.45, 7) is 4.45. The third-order valence-electron chi connectivity index (χ3n) is 6.06. The quantitative estimate of drug-likeness (QED) is 0.323. The van der Waals surface area contributed by atoms with Gasteiger partial charge in [-0.3, -0.25) is 4.79 Å². The van der Waals surface area contributed by atoms with E-state index in [0.29, 0.717) is 6.54 Å². The van der Waals surface area contributed by atoms with Crippen molar-refractivity contribution in [2.45, 2.75) is 64.2 Å². The van der Waals surface area contributed by atoms with Gasteiger partial charge in [-0.05, 0) is 59.7 Å². The Morgan fingerprint density at radius 3 is 2.23 bits per heavy atom. The first-order valence-corrected chi connectivity index (χ1v) is 11.8. The lowest BCUT2D eigenvalue weighted by Crippen LogP contribution is -2.22. The normalized spacial score (nSPS) is 13.1. The minimum Gasteiger partial charge on any atom is -0.481 e. The molecule has 0 saturated heterocycles. The number of carboxylic acid groups (broad SMARTS) is 1. The van der Waals surface area contributed by atoms with Gasteiger partial charge >= 0.3 is 5.97 Å². The molecule has 0 saturated carbocycles. The van der Waals surface area contributed by atoms with Crippen molar-refractivity contribution in [1.82, 2.24) is 4.57 Å². The number of carbonyl (C=O) groups is 2. The fourth-order valence-corrected chi connectivity index (χ4v) is 4.69. The highest BCUT2D eigenvalue weighted by atomic mass is 19.1. The lowest BCUT2D eigenvalue weighted by Gasteiger charge is -2.20. The van der Waals surface area contributed by atoms with Gasteiger partial charge in [0.2, 0.25) is 0 Å². The summed E-state index contributed by atoms with van der Waals surface area (Å²) in [7, 11) is 0. The molecule has 0 radical (unpaired) electrons. The summed E-state index contributed by atoms with van der Waals surface area (Å²) in [5.41, 5.74) is 5.28. The first-order chi connectivity index (χ1) is 16.7. The van der Waals surface area contributed by atoms with Crippen LogP contribution in [0.2, 0.25) is 0 Å². The van der Waals surface area contributed by atoms with Gasteiger partial charge in [-0.2, -0.15) is 0 Å². The van der Waals surface area contributed by atoms with Crippen LogP contribution in [0, 0.1) is 5.82 Å². The zero-order valence-corrected chi connectivity index (χ0v) is 20.0. The molecule has 0 aliphatic rings. The molecule has 0 spiro atoms. The zero-order chi connectivity index (χ0) is 25.5. The van der Waals surface area contributed by atoms with Gasteiger partial charge in [0.15, 0.2) is 0 Å². The third-order valence-corrected chi connectivity index (χ3v) is 6.06. The van der Waals surface area contributed by atoms with Gasteiger partial charge < -0.3 is 24.7 Å². The van der Waals surface area contributed by atoms with E-state index in [2.05, 4.69) is 4.57 Å². The second-order valence-corrected chi connectivity index (χ2v) is 9.07. The zero-order valence-electron chi connectivity index (χ0n) is 20.0. The maximum Gasteiger partial charge on any atom is 0.305 e. The van der Waals surface area contributed by atoms with Crippen molar-refractivity contribution in [2.24, 2.45) is 0 Å². The highest BCUT2D eigenvalue weighted by Crippen LogP contribution is 2.42. The van der Waals surface area contributed by atoms with Gasteiger partial charge in [-0.15, -0.1) is 0 Å². The molecule has 0 amide bonds. The lowest BCUT2D eigenvalue weighted by atomic mass is 9.93. The number of carboxylic acids is 1. The maximum absolute atomic E-state index is 13.8. The second-order valence-electron chi connectivity index (χ2n) is 9.07. The van der Waals surface area contributed by atoms with E-state index in [4.69, 9.17) is 5.11 Å². The summed E-state index contributed by atoms with van der Waals surface area (Å²) in [6.07, 6.45) is -1.18. The predicted octanol–water partition coefficient (Wildman–Crippen LogP) is 4.80. The number of hydrogen-bond acceptors (Lipinski definition) is 4. The van der Waals surface area contributed by atoms with Crippen molar-refractivity contribution in [1.29, 1.82) is 0 Å². The molecule has 7 heteroatoms. The Morgan fingerprint density at radius 2 is 1.66 bits per heavy atom. The maximum atomic E-state index is 13.8. The van der Waals surface area contributed by atoms with Crippen molar-refractivity contribution in [2.75, 3.05) is 0 Å². The number of halogens is 1. The minimum absolute atomic E-state index is 0.0522. The number of rotatable bonds is 12. The molecule has 0 aliphatic carbocycles. The molecule has 1 aromatic heterocycles. The van der Waals surface area contributed by atoms with Crippen LogP contribution >= 0.6 is 0 Å². The van der Waals surface area contributed by atoms with Crippen LogP contribution < -0.4 is 0 Å². The van der Waals surface area contributed by atoms with E-state index in [1.807, 2.05) is 44.2 Å². The summed E-state index contributed by atoms with van der Waals surface area (Å²) in [4.78, 5) is 22.6. The van der Waals surface area contributed by atoms with E-state index in [-0.39, 0.29) is 31.0 Å². The molecule has 3 N–H and O–H groups in total. The smallest absolute Gasteiger partial charge is 0.305 e. The van der Waals surface area contributed by atoms with Crippen molar-refractivity contribution in [3.05, 3.63) is 71.7 Å². The standard InChI is InChI=1S/C28H32FNO5/c1-18(2)27-24(13-15-31)26(19-6-4-3-5-7-19)28(20-8-10-21(29)11-9-20)30(27)14-12-22(32)16-23(33)17-25(34)35/h3-11,15,18,22-23,32-33H,12-14,16-17H2,1-2H3,(H,34,35). The molecular weight excluding hydrogens is 449 g/mol. The molecule has 2 aromatic carbocycles. The van der Waals surface area contributed by atoms with Gasteiger partial charge in [0, 0.05) is 24.2 Å². The van der Waals surface area contributed by atoms with Crippen molar-refractivity contribution in [3.63, 3.8) is 0 Å². The molecular formula is C28H32FNO5. The van der Waals surface area contributed by atoms with Crippen molar-refractivity contribution >= 4 is 12.3 Å². The summed E-state index contributed by atoms with van der Waals surface area (Å²) in [5, 5.41) is 29.4. The van der Waals surface area contributed by atoms with E-state index in [9.17, 15) is 24.2 Å². The van der Waals surface area contributed by atoms with Crippen LogP contribution in [0.3, 0.4) is 0 Å². The Bertz CT molecular complexity index is 1140. The highest BCUT2D eigenvalue weighted by molar-refractivity contribution is 5.87. The summed E-state index contributed by atoms with van der Waals surface area (Å²) < 4.78 is 15.8. The number of carbonyl (C=O) groups excluding carboxylic acids is 1. The van der Waals surface area contributed by atoms with Crippen LogP contribution in [0.25, 0.3) is 22.4 Å². The third kappa shape index (κ3) is 6.44.